The minimum Gasteiger partial charge on any atom is -0.457 e. The average Bonchev–Trinajstić information content (AvgIpc) is 3.09. The summed E-state index contributed by atoms with van der Waals surface area (Å²) in [7, 11) is 0. The molecule has 0 spiro atoms. The van der Waals surface area contributed by atoms with E-state index in [0.29, 0.717) is 10.8 Å². The zero-order valence-corrected chi connectivity index (χ0v) is 16.2. The van der Waals surface area contributed by atoms with Crippen molar-refractivity contribution >= 4 is 23.5 Å². The summed E-state index contributed by atoms with van der Waals surface area (Å²) in [5.41, 5.74) is 4.23. The maximum atomic E-state index is 5.99. The van der Waals surface area contributed by atoms with Gasteiger partial charge in [-0.25, -0.2) is 0 Å². The van der Waals surface area contributed by atoms with E-state index in [0.717, 1.165) is 28.4 Å². The van der Waals surface area contributed by atoms with E-state index < -0.39 is 0 Å². The van der Waals surface area contributed by atoms with Crippen molar-refractivity contribution in [1.82, 2.24) is 4.57 Å². The molecule has 4 heteroatoms. The number of rotatable bonds is 5. The minimum atomic E-state index is 0.649. The quantitative estimate of drug-likeness (QED) is 0.340. The van der Waals surface area contributed by atoms with E-state index in [1.54, 1.807) is 6.07 Å². The van der Waals surface area contributed by atoms with Gasteiger partial charge in [-0.15, -0.1) is 0 Å². The molecule has 138 valence electrons. The molecule has 4 aromatic rings. The molecule has 0 saturated heterocycles. The highest BCUT2D eigenvalue weighted by atomic mass is 35.5. The van der Waals surface area contributed by atoms with E-state index in [2.05, 4.69) is 40.9 Å². The first-order chi connectivity index (χ1) is 13.7. The highest BCUT2D eigenvalue weighted by Gasteiger charge is 2.03. The summed E-state index contributed by atoms with van der Waals surface area (Å²) in [6, 6.07) is 27.4. The van der Waals surface area contributed by atoms with Gasteiger partial charge in [0.05, 0.1) is 5.69 Å². The summed E-state index contributed by atoms with van der Waals surface area (Å²) in [5, 5.41) is 0.649. The van der Waals surface area contributed by atoms with Crippen LogP contribution < -0.4 is 4.74 Å². The Morgan fingerprint density at radius 2 is 1.64 bits per heavy atom. The number of aromatic nitrogens is 1. The van der Waals surface area contributed by atoms with E-state index in [4.69, 9.17) is 16.3 Å². The molecule has 0 N–H and O–H groups in total. The number of hydrogen-bond donors (Lipinski definition) is 0. The summed E-state index contributed by atoms with van der Waals surface area (Å²) < 4.78 is 7.96. The van der Waals surface area contributed by atoms with Crippen LogP contribution in [0.3, 0.4) is 0 Å². The first-order valence-corrected chi connectivity index (χ1v) is 9.37. The van der Waals surface area contributed by atoms with Gasteiger partial charge in [0.15, 0.2) is 0 Å². The third-order valence-electron chi connectivity index (χ3n) is 4.30. The first-order valence-electron chi connectivity index (χ1n) is 8.99. The zero-order valence-electron chi connectivity index (χ0n) is 15.4. The van der Waals surface area contributed by atoms with Crippen molar-refractivity contribution in [2.45, 2.75) is 6.92 Å². The fraction of sp³-hybridized carbons (Fsp3) is 0.0417. The van der Waals surface area contributed by atoms with Crippen LogP contribution in [0.5, 0.6) is 11.5 Å². The monoisotopic (exact) mass is 386 g/mol. The Bertz CT molecular complexity index is 1100. The molecule has 0 saturated carbocycles. The van der Waals surface area contributed by atoms with Crippen LogP contribution in [-0.4, -0.2) is 10.8 Å². The smallest absolute Gasteiger partial charge is 0.128 e. The van der Waals surface area contributed by atoms with Crippen LogP contribution in [0.1, 0.15) is 11.3 Å². The normalized spacial score (nSPS) is 11.1. The molecular weight excluding hydrogens is 368 g/mol. The molecule has 0 radical (unpaired) electrons. The summed E-state index contributed by atoms with van der Waals surface area (Å²) in [6.45, 7) is 2.09. The van der Waals surface area contributed by atoms with Gasteiger partial charge < -0.3 is 9.30 Å². The van der Waals surface area contributed by atoms with Crippen molar-refractivity contribution in [1.29, 1.82) is 0 Å². The molecular formula is C24H19ClN2O. The van der Waals surface area contributed by atoms with Crippen molar-refractivity contribution in [3.8, 4) is 17.2 Å². The maximum Gasteiger partial charge on any atom is 0.128 e. The van der Waals surface area contributed by atoms with Gasteiger partial charge in [-0.05, 0) is 67.6 Å². The predicted molar refractivity (Wildman–Crippen MR) is 116 cm³/mol. The fourth-order valence-corrected chi connectivity index (χ4v) is 3.13. The van der Waals surface area contributed by atoms with Gasteiger partial charge in [-0.2, -0.15) is 0 Å². The SMILES string of the molecule is Cc1cc(C=Nc2ccc(Oc3cccc(Cl)c3)cc2)cn1-c1ccccc1. The number of ether oxygens (including phenoxy) is 1. The summed E-state index contributed by atoms with van der Waals surface area (Å²) in [6.07, 6.45) is 3.96. The average molecular weight is 387 g/mol. The molecule has 0 aliphatic rings. The molecule has 0 unspecified atom stereocenters. The lowest BCUT2D eigenvalue weighted by Crippen LogP contribution is -1.93. The Balaban J connectivity index is 1.47. The van der Waals surface area contributed by atoms with E-state index >= 15 is 0 Å². The van der Waals surface area contributed by atoms with Gasteiger partial charge in [0.2, 0.25) is 0 Å². The lowest BCUT2D eigenvalue weighted by molar-refractivity contribution is 0.483. The predicted octanol–water partition coefficient (Wildman–Crippen LogP) is 6.98. The Morgan fingerprint density at radius 1 is 0.857 bits per heavy atom. The van der Waals surface area contributed by atoms with Crippen molar-refractivity contribution in [3.05, 3.63) is 107 Å². The van der Waals surface area contributed by atoms with Crippen LogP contribution >= 0.6 is 11.6 Å². The van der Waals surface area contributed by atoms with Crippen LogP contribution in [0.15, 0.2) is 96.1 Å². The van der Waals surface area contributed by atoms with E-state index in [-0.39, 0.29) is 0 Å². The molecule has 0 amide bonds. The molecule has 0 fully saturated rings. The van der Waals surface area contributed by atoms with E-state index in [9.17, 15) is 0 Å². The van der Waals surface area contributed by atoms with E-state index in [1.807, 2.05) is 66.9 Å². The highest BCUT2D eigenvalue weighted by Crippen LogP contribution is 2.26. The van der Waals surface area contributed by atoms with E-state index in [1.165, 1.54) is 0 Å². The standard InChI is InChI=1S/C24H19ClN2O/c1-18-14-19(17-27(18)22-7-3-2-4-8-22)16-26-21-10-12-23(13-11-21)28-24-9-5-6-20(25)15-24/h2-17H,1H3. The van der Waals surface area contributed by atoms with Crippen LogP contribution in [0.4, 0.5) is 5.69 Å². The number of aryl methyl sites for hydroxylation is 1. The van der Waals surface area contributed by atoms with Gasteiger partial charge in [0.25, 0.3) is 0 Å². The highest BCUT2D eigenvalue weighted by molar-refractivity contribution is 6.30. The number of nitrogens with zero attached hydrogens (tertiary/aromatic N) is 2. The Labute approximate surface area is 169 Å². The second-order valence-corrected chi connectivity index (χ2v) is 6.87. The van der Waals surface area contributed by atoms with Crippen LogP contribution in [0.25, 0.3) is 5.69 Å². The minimum absolute atomic E-state index is 0.649. The van der Waals surface area contributed by atoms with Crippen LogP contribution in [-0.2, 0) is 0 Å². The zero-order chi connectivity index (χ0) is 19.3. The summed E-state index contributed by atoms with van der Waals surface area (Å²) >= 11 is 5.99. The molecule has 3 aromatic carbocycles. The Morgan fingerprint density at radius 3 is 2.39 bits per heavy atom. The summed E-state index contributed by atoms with van der Waals surface area (Å²) in [4.78, 5) is 4.57. The number of para-hydroxylation sites is 1. The lowest BCUT2D eigenvalue weighted by atomic mass is 10.3. The van der Waals surface area contributed by atoms with Gasteiger partial charge in [-0.3, -0.25) is 4.99 Å². The Kier molecular flexibility index (Phi) is 5.27. The van der Waals surface area contributed by atoms with Gasteiger partial charge in [0.1, 0.15) is 11.5 Å². The van der Waals surface area contributed by atoms with Crippen LogP contribution in [0, 0.1) is 6.92 Å². The fourth-order valence-electron chi connectivity index (χ4n) is 2.95. The van der Waals surface area contributed by atoms with Crippen molar-refractivity contribution in [3.63, 3.8) is 0 Å². The lowest BCUT2D eigenvalue weighted by Gasteiger charge is -2.05. The maximum absolute atomic E-state index is 5.99. The van der Waals surface area contributed by atoms with Crippen molar-refractivity contribution in [2.24, 2.45) is 4.99 Å². The molecule has 3 nitrogen and oxygen atoms in total. The number of hydrogen-bond acceptors (Lipinski definition) is 2. The van der Waals surface area contributed by atoms with Crippen molar-refractivity contribution < 1.29 is 4.74 Å². The third-order valence-corrected chi connectivity index (χ3v) is 4.53. The molecule has 0 bridgehead atoms. The van der Waals surface area contributed by atoms with Gasteiger partial charge in [-0.1, -0.05) is 35.9 Å². The molecule has 1 heterocycles. The molecule has 0 aliphatic carbocycles. The molecule has 0 atom stereocenters. The Hall–Kier alpha value is -3.30. The van der Waals surface area contributed by atoms with Gasteiger partial charge in [0, 0.05) is 34.4 Å². The molecule has 28 heavy (non-hydrogen) atoms. The topological polar surface area (TPSA) is 26.5 Å². The molecule has 4 rings (SSSR count). The number of halogens is 1. The second-order valence-electron chi connectivity index (χ2n) is 6.43. The number of aliphatic imine (C=N–C) groups is 1. The van der Waals surface area contributed by atoms with Gasteiger partial charge >= 0.3 is 0 Å². The first kappa shape index (κ1) is 18.1. The molecule has 0 aliphatic heterocycles. The largest absolute Gasteiger partial charge is 0.457 e. The van der Waals surface area contributed by atoms with Crippen molar-refractivity contribution in [2.75, 3.05) is 0 Å². The second kappa shape index (κ2) is 8.15. The van der Waals surface area contributed by atoms with Crippen LogP contribution in [0.2, 0.25) is 5.02 Å². The third kappa shape index (κ3) is 4.33. The number of benzene rings is 3. The molecule has 1 aromatic heterocycles. The summed E-state index contributed by atoms with van der Waals surface area (Å²) in [5.74, 6) is 1.45.